The zero-order valence-corrected chi connectivity index (χ0v) is 32.9. The van der Waals surface area contributed by atoms with Gasteiger partial charge in [-0.1, -0.05) is 110 Å². The Bertz CT molecular complexity index is 1940. The van der Waals surface area contributed by atoms with Crippen molar-refractivity contribution in [3.63, 3.8) is 0 Å². The van der Waals surface area contributed by atoms with E-state index in [1.165, 1.54) is 6.07 Å². The number of ketones is 1. The van der Waals surface area contributed by atoms with E-state index in [-0.39, 0.29) is 46.6 Å². The van der Waals surface area contributed by atoms with Crippen LogP contribution in [-0.2, 0) is 29.1 Å². The molecule has 9 unspecified atom stereocenters. The SMILES string of the molecule is CC12CCC(O)CC13C=CC1(C(C(=O)Cc4c(F)cccc4Cl)=C3)C2CCC2(C)C1CCC2(O)CN(Cc1ccccc1)CC(O)COCc1ccccc1. The molecular weight excluding hydrogens is 713 g/mol. The van der Waals surface area contributed by atoms with Crippen molar-refractivity contribution >= 4 is 17.4 Å². The standard InChI is InChI=1S/C47H55ClFNO5/c1-43-19-16-34(51)25-45(43)22-23-47(37(26-45)40(53)24-36-38(48)14-9-15-39(36)49)41(43)17-20-44(2)42(47)18-21-46(44,54)31-50(27-32-10-5-3-6-11-32)28-35(52)30-55-29-33-12-7-4-8-13-33/h3-15,22-23,26,34-35,41-42,51-52,54H,16-21,24-25,27-31H2,1-2H3. The molecule has 3 N–H and O–H groups in total. The Balaban J connectivity index is 1.11. The lowest BCUT2D eigenvalue weighted by Crippen LogP contribution is -2.67. The highest BCUT2D eigenvalue weighted by Gasteiger charge is 2.74. The fourth-order valence-electron chi connectivity index (χ4n) is 12.2. The summed E-state index contributed by atoms with van der Waals surface area (Å²) in [6.07, 6.45) is 10.4. The van der Waals surface area contributed by atoms with Gasteiger partial charge in [-0.3, -0.25) is 9.69 Å². The first-order valence-electron chi connectivity index (χ1n) is 20.2. The molecule has 3 aromatic rings. The molecule has 2 spiro atoms. The number of carbonyl (C=O) groups excluding carboxylic acids is 1. The molecule has 55 heavy (non-hydrogen) atoms. The monoisotopic (exact) mass is 767 g/mol. The number of aliphatic hydroxyl groups excluding tert-OH is 2. The van der Waals surface area contributed by atoms with E-state index in [0.717, 1.165) is 43.2 Å². The van der Waals surface area contributed by atoms with E-state index in [4.69, 9.17) is 16.3 Å². The highest BCUT2D eigenvalue weighted by Crippen LogP contribution is 2.78. The highest BCUT2D eigenvalue weighted by atomic mass is 35.5. The van der Waals surface area contributed by atoms with E-state index in [1.54, 1.807) is 12.1 Å². The third kappa shape index (κ3) is 6.47. The van der Waals surface area contributed by atoms with Gasteiger partial charge in [-0.05, 0) is 85.5 Å². The summed E-state index contributed by atoms with van der Waals surface area (Å²) in [5.41, 5.74) is 0.0848. The van der Waals surface area contributed by atoms with Gasteiger partial charge in [0.1, 0.15) is 5.82 Å². The zero-order chi connectivity index (χ0) is 38.6. The summed E-state index contributed by atoms with van der Waals surface area (Å²) >= 11 is 6.50. The summed E-state index contributed by atoms with van der Waals surface area (Å²) in [5, 5.41) is 35.7. The lowest BCUT2D eigenvalue weighted by molar-refractivity contribution is -0.180. The Morgan fingerprint density at radius 2 is 1.58 bits per heavy atom. The minimum Gasteiger partial charge on any atom is -0.393 e. The molecule has 3 aromatic carbocycles. The van der Waals surface area contributed by atoms with Crippen LogP contribution >= 0.6 is 11.6 Å². The smallest absolute Gasteiger partial charge is 0.164 e. The van der Waals surface area contributed by atoms with Gasteiger partial charge in [0, 0.05) is 58.5 Å². The summed E-state index contributed by atoms with van der Waals surface area (Å²) < 4.78 is 21.1. The zero-order valence-electron chi connectivity index (χ0n) is 32.1. The number of ether oxygens (including phenoxy) is 1. The number of hydrogen-bond donors (Lipinski definition) is 3. The number of allylic oxidation sites excluding steroid dienone is 4. The van der Waals surface area contributed by atoms with Crippen LogP contribution in [0.4, 0.5) is 4.39 Å². The second kappa shape index (κ2) is 14.6. The summed E-state index contributed by atoms with van der Waals surface area (Å²) in [7, 11) is 0. The topological polar surface area (TPSA) is 90.2 Å². The van der Waals surface area contributed by atoms with Crippen LogP contribution in [-0.4, -0.2) is 63.5 Å². The molecule has 3 fully saturated rings. The number of aliphatic hydroxyl groups is 3. The van der Waals surface area contributed by atoms with Crippen molar-refractivity contribution in [2.24, 2.45) is 33.5 Å². The fourth-order valence-corrected chi connectivity index (χ4v) is 12.5. The lowest BCUT2D eigenvalue weighted by atomic mass is 9.32. The number of nitrogens with zero attached hydrogens (tertiary/aromatic N) is 1. The van der Waals surface area contributed by atoms with Gasteiger partial charge in [-0.15, -0.1) is 0 Å². The van der Waals surface area contributed by atoms with E-state index in [1.807, 2.05) is 48.5 Å². The third-order valence-corrected chi connectivity index (χ3v) is 15.4. The van der Waals surface area contributed by atoms with Gasteiger partial charge in [0.05, 0.1) is 31.0 Å². The first-order valence-corrected chi connectivity index (χ1v) is 20.6. The minimum atomic E-state index is -1.11. The molecule has 9 atom stereocenters. The first-order chi connectivity index (χ1) is 26.3. The number of hydrogen-bond acceptors (Lipinski definition) is 6. The predicted molar refractivity (Wildman–Crippen MR) is 213 cm³/mol. The van der Waals surface area contributed by atoms with Gasteiger partial charge in [-0.2, -0.15) is 0 Å². The summed E-state index contributed by atoms with van der Waals surface area (Å²) in [6.45, 7) is 6.42. The van der Waals surface area contributed by atoms with Gasteiger partial charge in [0.15, 0.2) is 5.78 Å². The fraction of sp³-hybridized carbons (Fsp3) is 0.511. The van der Waals surface area contributed by atoms with Crippen LogP contribution in [0.2, 0.25) is 5.02 Å². The lowest BCUT2D eigenvalue weighted by Gasteiger charge is -2.71. The number of halogens is 2. The van der Waals surface area contributed by atoms with Gasteiger partial charge in [-0.25, -0.2) is 4.39 Å². The van der Waals surface area contributed by atoms with Gasteiger partial charge >= 0.3 is 0 Å². The Morgan fingerprint density at radius 3 is 2.31 bits per heavy atom. The van der Waals surface area contributed by atoms with Crippen LogP contribution < -0.4 is 0 Å². The quantitative estimate of drug-likeness (QED) is 0.152. The summed E-state index contributed by atoms with van der Waals surface area (Å²) in [6, 6.07) is 24.6. The number of rotatable bonds is 13. The Labute approximate surface area is 330 Å². The predicted octanol–water partition coefficient (Wildman–Crippen LogP) is 8.26. The van der Waals surface area contributed by atoms with Crippen LogP contribution in [0, 0.1) is 39.3 Å². The normalized spacial score (nSPS) is 35.2. The van der Waals surface area contributed by atoms with Crippen LogP contribution in [0.25, 0.3) is 0 Å². The molecule has 9 rings (SSSR count). The summed E-state index contributed by atoms with van der Waals surface area (Å²) in [5.74, 6) is -0.544. The average Bonchev–Trinajstić information content (AvgIpc) is 3.43. The van der Waals surface area contributed by atoms with Crippen molar-refractivity contribution in [1.29, 1.82) is 0 Å². The number of benzene rings is 3. The van der Waals surface area contributed by atoms with Gasteiger partial charge in [0.2, 0.25) is 0 Å². The molecule has 0 heterocycles. The van der Waals surface area contributed by atoms with Crippen LogP contribution in [0.15, 0.2) is 103 Å². The van der Waals surface area contributed by atoms with E-state index in [2.05, 4.69) is 49.1 Å². The Hall–Kier alpha value is -3.17. The maximum absolute atomic E-state index is 15.2. The van der Waals surface area contributed by atoms with Crippen molar-refractivity contribution in [2.75, 3.05) is 19.7 Å². The van der Waals surface area contributed by atoms with Crippen molar-refractivity contribution in [1.82, 2.24) is 4.90 Å². The minimum absolute atomic E-state index is 0.0500. The largest absolute Gasteiger partial charge is 0.393 e. The number of fused-ring (bicyclic) bond motifs is 1. The Kier molecular flexibility index (Phi) is 10.3. The Morgan fingerprint density at radius 1 is 0.909 bits per heavy atom. The molecule has 0 amide bonds. The molecule has 6 aliphatic carbocycles. The molecule has 0 saturated heterocycles. The molecule has 0 aromatic heterocycles. The highest BCUT2D eigenvalue weighted by molar-refractivity contribution is 6.31. The number of Topliss-reactive ketones (excluding diaryl/α,β-unsaturated/α-hetero) is 1. The summed E-state index contributed by atoms with van der Waals surface area (Å²) in [4.78, 5) is 17.0. The van der Waals surface area contributed by atoms with E-state index in [9.17, 15) is 20.1 Å². The molecular formula is C47H55ClFNO5. The molecule has 8 heteroatoms. The second-order valence-corrected chi connectivity index (χ2v) is 18.3. The van der Waals surface area contributed by atoms with Gasteiger partial charge in [0.25, 0.3) is 0 Å². The molecule has 6 nitrogen and oxygen atoms in total. The van der Waals surface area contributed by atoms with E-state index < -0.39 is 39.9 Å². The van der Waals surface area contributed by atoms with Crippen LogP contribution in [0.5, 0.6) is 0 Å². The molecule has 2 bridgehead atoms. The van der Waals surface area contributed by atoms with E-state index in [0.29, 0.717) is 44.7 Å². The van der Waals surface area contributed by atoms with Gasteiger partial charge < -0.3 is 20.1 Å². The van der Waals surface area contributed by atoms with Crippen molar-refractivity contribution in [2.45, 2.75) is 96.2 Å². The molecule has 6 aliphatic rings. The molecule has 292 valence electrons. The van der Waals surface area contributed by atoms with Crippen LogP contribution in [0.3, 0.4) is 0 Å². The maximum Gasteiger partial charge on any atom is 0.164 e. The van der Waals surface area contributed by atoms with Crippen molar-refractivity contribution < 1.29 is 29.2 Å². The molecule has 3 saturated carbocycles. The molecule has 0 radical (unpaired) electrons. The second-order valence-electron chi connectivity index (χ2n) is 17.9. The number of carbonyl (C=O) groups is 1. The third-order valence-electron chi connectivity index (χ3n) is 15.0. The van der Waals surface area contributed by atoms with Crippen LogP contribution in [0.1, 0.15) is 75.5 Å². The molecule has 0 aliphatic heterocycles. The van der Waals surface area contributed by atoms with Crippen molar-refractivity contribution in [3.8, 4) is 0 Å². The maximum atomic E-state index is 15.2. The first kappa shape index (κ1) is 38.7. The van der Waals surface area contributed by atoms with E-state index >= 15 is 4.39 Å². The average molecular weight is 768 g/mol. The van der Waals surface area contributed by atoms with Crippen molar-refractivity contribution in [3.05, 3.63) is 130 Å².